The number of hydrogen-bond donors (Lipinski definition) is 2. The molecule has 2 heterocycles. The number of halogens is 1. The number of nitrogens with one attached hydrogen (secondary N) is 2. The van der Waals surface area contributed by atoms with Gasteiger partial charge in [0.25, 0.3) is 0 Å². The number of aromatic nitrogens is 4. The predicted molar refractivity (Wildman–Crippen MR) is 111 cm³/mol. The van der Waals surface area contributed by atoms with Gasteiger partial charge in [0.2, 0.25) is 0 Å². The van der Waals surface area contributed by atoms with Crippen molar-refractivity contribution in [2.24, 2.45) is 0 Å². The Labute approximate surface area is 170 Å². The maximum Gasteiger partial charge on any atom is 0.354 e. The summed E-state index contributed by atoms with van der Waals surface area (Å²) in [4.78, 5) is 17.3. The van der Waals surface area contributed by atoms with Gasteiger partial charge in [-0.3, -0.25) is 9.67 Å². The van der Waals surface area contributed by atoms with Crippen LogP contribution in [0.3, 0.4) is 0 Å². The van der Waals surface area contributed by atoms with Crippen LogP contribution in [0.2, 0.25) is 5.02 Å². The van der Waals surface area contributed by atoms with Crippen molar-refractivity contribution in [1.29, 1.82) is 5.26 Å². The Morgan fingerprint density at radius 2 is 2.07 bits per heavy atom. The fourth-order valence-electron chi connectivity index (χ4n) is 3.53. The molecule has 0 radical (unpaired) electrons. The second-order valence-corrected chi connectivity index (χ2v) is 7.38. The summed E-state index contributed by atoms with van der Waals surface area (Å²) in [6.07, 6.45) is 3.68. The lowest BCUT2D eigenvalue weighted by atomic mass is 10.0. The number of aromatic amines is 1. The summed E-state index contributed by atoms with van der Waals surface area (Å²) >= 11 is 6.39. The fourth-order valence-corrected chi connectivity index (χ4v) is 3.75. The number of nitriles is 1. The highest BCUT2D eigenvalue weighted by Crippen LogP contribution is 2.43. The summed E-state index contributed by atoms with van der Waals surface area (Å²) < 4.78 is 1.50. The Bertz CT molecular complexity index is 1330. The Morgan fingerprint density at radius 3 is 2.76 bits per heavy atom. The lowest BCUT2D eigenvalue weighted by Gasteiger charge is -2.16. The third-order valence-corrected chi connectivity index (χ3v) is 5.37. The van der Waals surface area contributed by atoms with Crippen LogP contribution in [0.15, 0.2) is 53.5 Å². The van der Waals surface area contributed by atoms with Crippen LogP contribution in [0.5, 0.6) is 0 Å². The molecule has 7 nitrogen and oxygen atoms in total. The van der Waals surface area contributed by atoms with Crippen molar-refractivity contribution in [2.45, 2.75) is 18.8 Å². The molecular weight excluding hydrogens is 388 g/mol. The molecule has 2 aromatic heterocycles. The summed E-state index contributed by atoms with van der Waals surface area (Å²) in [6, 6.07) is 14.9. The van der Waals surface area contributed by atoms with Gasteiger partial charge in [0, 0.05) is 11.5 Å². The molecule has 0 amide bonds. The summed E-state index contributed by atoms with van der Waals surface area (Å²) in [6.45, 7) is 0. The molecule has 1 aliphatic rings. The average molecular weight is 403 g/mol. The zero-order chi connectivity index (χ0) is 20.0. The van der Waals surface area contributed by atoms with Gasteiger partial charge in [0.1, 0.15) is 11.6 Å². The highest BCUT2D eigenvalue weighted by atomic mass is 35.5. The number of fused-ring (bicyclic) bond motifs is 1. The standard InChI is InChI=1S/C21H15ClN6O/c22-16-3-1-2-4-17(16)28-18-10-14(12-5-6-12)13(11-23)9-15(18)20(26-21(28)29)25-19-7-8-24-27-19/h1-4,7-10,12H,5-6H2,(H2,24,25,26,27,29). The van der Waals surface area contributed by atoms with Crippen molar-refractivity contribution >= 4 is 34.1 Å². The molecule has 0 aliphatic heterocycles. The minimum Gasteiger partial charge on any atom is -0.325 e. The third kappa shape index (κ3) is 3.04. The molecule has 1 saturated carbocycles. The van der Waals surface area contributed by atoms with E-state index in [1.807, 2.05) is 18.2 Å². The highest BCUT2D eigenvalue weighted by Gasteiger charge is 2.28. The SMILES string of the molecule is N#Cc1cc2c(Nc3ccn[nH]3)nc(=O)n(-c3ccccc3Cl)c2cc1C1CC1. The van der Waals surface area contributed by atoms with Crippen molar-refractivity contribution in [3.05, 3.63) is 75.3 Å². The van der Waals surface area contributed by atoms with Crippen molar-refractivity contribution in [3.63, 3.8) is 0 Å². The Balaban J connectivity index is 1.84. The van der Waals surface area contributed by atoms with Crippen molar-refractivity contribution < 1.29 is 0 Å². The van der Waals surface area contributed by atoms with Gasteiger partial charge >= 0.3 is 5.69 Å². The van der Waals surface area contributed by atoms with Gasteiger partial charge in [0.15, 0.2) is 0 Å². The molecule has 1 aliphatic carbocycles. The molecule has 0 bridgehead atoms. The monoisotopic (exact) mass is 402 g/mol. The fraction of sp³-hybridized carbons (Fsp3) is 0.143. The first kappa shape index (κ1) is 17.5. The highest BCUT2D eigenvalue weighted by molar-refractivity contribution is 6.32. The Kier molecular flexibility index (Phi) is 4.07. The second kappa shape index (κ2) is 6.76. The van der Waals surface area contributed by atoms with Crippen molar-refractivity contribution in [2.75, 3.05) is 5.32 Å². The van der Waals surface area contributed by atoms with Crippen LogP contribution in [0.4, 0.5) is 11.6 Å². The molecule has 0 atom stereocenters. The van der Waals surface area contributed by atoms with Crippen molar-refractivity contribution in [1.82, 2.24) is 19.7 Å². The van der Waals surface area contributed by atoms with E-state index in [-0.39, 0.29) is 0 Å². The van der Waals surface area contributed by atoms with E-state index in [4.69, 9.17) is 11.6 Å². The minimum atomic E-state index is -0.459. The smallest absolute Gasteiger partial charge is 0.325 e. The van der Waals surface area contributed by atoms with Gasteiger partial charge in [-0.2, -0.15) is 15.3 Å². The van der Waals surface area contributed by atoms with Crippen LogP contribution < -0.4 is 11.0 Å². The second-order valence-electron chi connectivity index (χ2n) is 6.97. The largest absolute Gasteiger partial charge is 0.354 e. The van der Waals surface area contributed by atoms with E-state index in [9.17, 15) is 10.1 Å². The number of benzene rings is 2. The van der Waals surface area contributed by atoms with Crippen molar-refractivity contribution in [3.8, 4) is 11.8 Å². The van der Waals surface area contributed by atoms with E-state index in [0.717, 1.165) is 18.4 Å². The van der Waals surface area contributed by atoms with Crippen LogP contribution in [-0.2, 0) is 0 Å². The Hall–Kier alpha value is -3.63. The van der Waals surface area contributed by atoms with E-state index in [1.165, 1.54) is 4.57 Å². The van der Waals surface area contributed by atoms with Gasteiger partial charge in [-0.15, -0.1) is 0 Å². The molecule has 0 unspecified atom stereocenters. The molecule has 29 heavy (non-hydrogen) atoms. The molecule has 2 aromatic carbocycles. The van der Waals surface area contributed by atoms with Gasteiger partial charge in [-0.1, -0.05) is 23.7 Å². The van der Waals surface area contributed by atoms with Crippen LogP contribution in [0.1, 0.15) is 29.9 Å². The zero-order valence-corrected chi connectivity index (χ0v) is 15.9. The number of rotatable bonds is 4. The van der Waals surface area contributed by atoms with Gasteiger partial charge in [-0.05, 0) is 48.6 Å². The number of para-hydroxylation sites is 1. The molecule has 8 heteroatoms. The maximum atomic E-state index is 13.0. The summed E-state index contributed by atoms with van der Waals surface area (Å²) in [7, 11) is 0. The molecule has 2 N–H and O–H groups in total. The molecule has 0 saturated heterocycles. The topological polar surface area (TPSA) is 99.4 Å². The predicted octanol–water partition coefficient (Wildman–Crippen LogP) is 4.25. The molecule has 5 rings (SSSR count). The first-order valence-electron chi connectivity index (χ1n) is 9.18. The first-order chi connectivity index (χ1) is 14.2. The van der Waals surface area contributed by atoms with E-state index in [1.54, 1.807) is 30.5 Å². The third-order valence-electron chi connectivity index (χ3n) is 5.05. The maximum absolute atomic E-state index is 13.0. The van der Waals surface area contributed by atoms with Gasteiger partial charge < -0.3 is 5.32 Å². The van der Waals surface area contributed by atoms with E-state index in [2.05, 4.69) is 26.6 Å². The van der Waals surface area contributed by atoms with Crippen LogP contribution >= 0.6 is 11.6 Å². The number of hydrogen-bond acceptors (Lipinski definition) is 5. The van der Waals surface area contributed by atoms with Crippen LogP contribution in [-0.4, -0.2) is 19.7 Å². The summed E-state index contributed by atoms with van der Waals surface area (Å²) in [5, 5.41) is 20.6. The first-order valence-corrected chi connectivity index (χ1v) is 9.55. The number of H-pyrrole nitrogens is 1. The van der Waals surface area contributed by atoms with Gasteiger partial charge in [0.05, 0.1) is 34.1 Å². The molecule has 4 aromatic rings. The minimum absolute atomic E-state index is 0.348. The Morgan fingerprint density at radius 1 is 1.24 bits per heavy atom. The van der Waals surface area contributed by atoms with Crippen LogP contribution in [0.25, 0.3) is 16.6 Å². The summed E-state index contributed by atoms with van der Waals surface area (Å²) in [5.41, 5.74) is 2.30. The summed E-state index contributed by atoms with van der Waals surface area (Å²) in [5.74, 6) is 1.30. The molecular formula is C21H15ClN6O. The van der Waals surface area contributed by atoms with E-state index in [0.29, 0.717) is 44.7 Å². The molecule has 0 spiro atoms. The van der Waals surface area contributed by atoms with Gasteiger partial charge in [-0.25, -0.2) is 4.79 Å². The van der Waals surface area contributed by atoms with E-state index < -0.39 is 5.69 Å². The number of anilines is 2. The van der Waals surface area contributed by atoms with E-state index >= 15 is 0 Å². The zero-order valence-electron chi connectivity index (χ0n) is 15.2. The number of nitrogens with zero attached hydrogens (tertiary/aromatic N) is 4. The lowest BCUT2D eigenvalue weighted by Crippen LogP contribution is -2.23. The molecule has 142 valence electrons. The lowest BCUT2D eigenvalue weighted by molar-refractivity contribution is 0.957. The molecule has 1 fully saturated rings. The average Bonchev–Trinajstić information content (AvgIpc) is 3.45. The normalized spacial score (nSPS) is 13.4. The van der Waals surface area contributed by atoms with Crippen LogP contribution in [0, 0.1) is 11.3 Å². The quantitative estimate of drug-likeness (QED) is 0.531.